The van der Waals surface area contributed by atoms with Gasteiger partial charge < -0.3 is 5.32 Å². The van der Waals surface area contributed by atoms with Crippen molar-refractivity contribution in [3.05, 3.63) is 70.9 Å². The second kappa shape index (κ2) is 7.65. The zero-order valence-electron chi connectivity index (χ0n) is 15.5. The maximum absolute atomic E-state index is 13.0. The number of aromatic nitrogens is 2. The van der Waals surface area contributed by atoms with Gasteiger partial charge in [-0.3, -0.25) is 13.8 Å². The second-order valence-corrected chi connectivity index (χ2v) is 8.66. The van der Waals surface area contributed by atoms with Gasteiger partial charge in [0.1, 0.15) is 5.56 Å². The van der Waals surface area contributed by atoms with Crippen molar-refractivity contribution in [3.8, 4) is 0 Å². The quantitative estimate of drug-likeness (QED) is 0.687. The van der Waals surface area contributed by atoms with Crippen LogP contribution in [0.5, 0.6) is 0 Å². The van der Waals surface area contributed by atoms with Crippen molar-refractivity contribution in [1.29, 1.82) is 0 Å². The summed E-state index contributed by atoms with van der Waals surface area (Å²) in [6.07, 6.45) is 1.34. The molecule has 0 saturated carbocycles. The molecule has 2 aromatic carbocycles. The Balaban J connectivity index is 1.94. The van der Waals surface area contributed by atoms with Gasteiger partial charge in [-0.05, 0) is 43.3 Å². The number of anilines is 2. The largest absolute Gasteiger partial charge is 0.322 e. The number of nitrogens with zero attached hydrogens (tertiary/aromatic N) is 3. The molecule has 0 atom stereocenters. The van der Waals surface area contributed by atoms with Crippen molar-refractivity contribution in [2.45, 2.75) is 11.8 Å². The molecule has 146 valence electrons. The normalized spacial score (nSPS) is 11.3. The topological polar surface area (TPSA) is 84.3 Å². The Morgan fingerprint density at radius 2 is 1.71 bits per heavy atom. The van der Waals surface area contributed by atoms with Crippen LogP contribution in [0.2, 0.25) is 5.02 Å². The molecule has 1 N–H and O–H groups in total. The van der Waals surface area contributed by atoms with Gasteiger partial charge in [-0.2, -0.15) is 5.10 Å². The third-order valence-corrected chi connectivity index (χ3v) is 6.25. The SMILES string of the molecule is Cc1ccc(S(=O)(=O)N(C)c2c(C(=O)Nc3ccc(Cl)cc3)cnn2C)cc1. The van der Waals surface area contributed by atoms with Crippen molar-refractivity contribution in [2.75, 3.05) is 16.7 Å². The van der Waals surface area contributed by atoms with Gasteiger partial charge in [0, 0.05) is 24.8 Å². The predicted molar refractivity (Wildman–Crippen MR) is 109 cm³/mol. The van der Waals surface area contributed by atoms with E-state index in [1.807, 2.05) is 6.92 Å². The van der Waals surface area contributed by atoms with E-state index in [-0.39, 0.29) is 16.3 Å². The molecule has 7 nitrogen and oxygen atoms in total. The van der Waals surface area contributed by atoms with Gasteiger partial charge in [0.25, 0.3) is 15.9 Å². The molecular formula is C19H19ClN4O3S. The lowest BCUT2D eigenvalue weighted by atomic mass is 10.2. The molecule has 1 amide bonds. The van der Waals surface area contributed by atoms with Gasteiger partial charge in [0.2, 0.25) is 0 Å². The first kappa shape index (κ1) is 19.9. The summed E-state index contributed by atoms with van der Waals surface area (Å²) in [6.45, 7) is 1.88. The summed E-state index contributed by atoms with van der Waals surface area (Å²) in [5, 5.41) is 7.33. The highest BCUT2D eigenvalue weighted by Gasteiger charge is 2.28. The number of rotatable bonds is 5. The van der Waals surface area contributed by atoms with E-state index in [2.05, 4.69) is 10.4 Å². The first-order valence-electron chi connectivity index (χ1n) is 8.34. The molecule has 3 aromatic rings. The highest BCUT2D eigenvalue weighted by Crippen LogP contribution is 2.26. The lowest BCUT2D eigenvalue weighted by Crippen LogP contribution is -2.30. The van der Waals surface area contributed by atoms with Crippen molar-refractivity contribution >= 4 is 39.0 Å². The van der Waals surface area contributed by atoms with Crippen LogP contribution in [0.25, 0.3) is 0 Å². The Kier molecular flexibility index (Phi) is 5.44. The average molecular weight is 419 g/mol. The van der Waals surface area contributed by atoms with Crippen LogP contribution in [0.4, 0.5) is 11.5 Å². The van der Waals surface area contributed by atoms with Crippen LogP contribution in [-0.4, -0.2) is 31.2 Å². The molecule has 28 heavy (non-hydrogen) atoms. The van der Waals surface area contributed by atoms with Crippen LogP contribution in [-0.2, 0) is 17.1 Å². The Morgan fingerprint density at radius 3 is 2.32 bits per heavy atom. The van der Waals surface area contributed by atoms with Crippen LogP contribution in [0.3, 0.4) is 0 Å². The molecular weight excluding hydrogens is 400 g/mol. The lowest BCUT2D eigenvalue weighted by molar-refractivity contribution is 0.102. The fourth-order valence-corrected chi connectivity index (χ4v) is 4.04. The third kappa shape index (κ3) is 3.88. The average Bonchev–Trinajstić information content (AvgIpc) is 3.04. The minimum absolute atomic E-state index is 0.130. The van der Waals surface area contributed by atoms with Crippen molar-refractivity contribution in [3.63, 3.8) is 0 Å². The van der Waals surface area contributed by atoms with Gasteiger partial charge in [0.15, 0.2) is 5.82 Å². The summed E-state index contributed by atoms with van der Waals surface area (Å²) in [5.41, 5.74) is 1.62. The molecule has 0 fully saturated rings. The van der Waals surface area contributed by atoms with E-state index in [1.54, 1.807) is 43.4 Å². The number of nitrogens with one attached hydrogen (secondary N) is 1. The van der Waals surface area contributed by atoms with E-state index in [9.17, 15) is 13.2 Å². The zero-order chi connectivity index (χ0) is 20.5. The number of sulfonamides is 1. The van der Waals surface area contributed by atoms with E-state index >= 15 is 0 Å². The molecule has 9 heteroatoms. The van der Waals surface area contributed by atoms with Gasteiger partial charge in [-0.1, -0.05) is 29.3 Å². The molecule has 0 saturated heterocycles. The van der Waals surface area contributed by atoms with E-state index < -0.39 is 15.9 Å². The van der Waals surface area contributed by atoms with Crippen LogP contribution in [0.1, 0.15) is 15.9 Å². The van der Waals surface area contributed by atoms with E-state index in [0.29, 0.717) is 10.7 Å². The number of benzene rings is 2. The Morgan fingerprint density at radius 1 is 1.11 bits per heavy atom. The molecule has 0 unspecified atom stereocenters. The van der Waals surface area contributed by atoms with Gasteiger partial charge in [-0.15, -0.1) is 0 Å². The first-order valence-corrected chi connectivity index (χ1v) is 10.2. The number of carbonyl (C=O) groups excluding carboxylic acids is 1. The molecule has 1 aromatic heterocycles. The van der Waals surface area contributed by atoms with Crippen LogP contribution in [0, 0.1) is 6.92 Å². The molecule has 0 aliphatic rings. The minimum Gasteiger partial charge on any atom is -0.322 e. The maximum Gasteiger partial charge on any atom is 0.265 e. The fraction of sp³-hybridized carbons (Fsp3) is 0.158. The minimum atomic E-state index is -3.86. The number of hydrogen-bond acceptors (Lipinski definition) is 4. The summed E-state index contributed by atoms with van der Waals surface area (Å²) in [4.78, 5) is 12.9. The van der Waals surface area contributed by atoms with E-state index in [4.69, 9.17) is 11.6 Å². The molecule has 0 aliphatic carbocycles. The number of hydrogen-bond donors (Lipinski definition) is 1. The fourth-order valence-electron chi connectivity index (χ4n) is 2.68. The summed E-state index contributed by atoms with van der Waals surface area (Å²) in [6, 6.07) is 13.1. The number of amides is 1. The van der Waals surface area contributed by atoms with Crippen molar-refractivity contribution in [2.24, 2.45) is 7.05 Å². The Bertz CT molecular complexity index is 1110. The number of halogens is 1. The lowest BCUT2D eigenvalue weighted by Gasteiger charge is -2.21. The Labute approximate surface area is 168 Å². The highest BCUT2D eigenvalue weighted by atomic mass is 35.5. The molecule has 3 rings (SSSR count). The van der Waals surface area contributed by atoms with Crippen molar-refractivity contribution in [1.82, 2.24) is 9.78 Å². The van der Waals surface area contributed by atoms with Crippen LogP contribution >= 0.6 is 11.6 Å². The summed E-state index contributed by atoms with van der Waals surface area (Å²) in [7, 11) is -0.888. The summed E-state index contributed by atoms with van der Waals surface area (Å²) >= 11 is 5.85. The standard InChI is InChI=1S/C19H19ClN4O3S/c1-13-4-10-16(11-5-13)28(26,27)24(3)19-17(12-21-23(19)2)18(25)22-15-8-6-14(20)7-9-15/h4-12H,1-3H3,(H,22,25). The molecule has 0 radical (unpaired) electrons. The number of aryl methyl sites for hydroxylation is 2. The summed E-state index contributed by atoms with van der Waals surface area (Å²) in [5.74, 6) is -0.316. The van der Waals surface area contributed by atoms with E-state index in [1.165, 1.54) is 30.1 Å². The molecule has 1 heterocycles. The van der Waals surface area contributed by atoms with Crippen molar-refractivity contribution < 1.29 is 13.2 Å². The smallest absolute Gasteiger partial charge is 0.265 e. The molecule has 0 spiro atoms. The Hall–Kier alpha value is -2.84. The van der Waals surface area contributed by atoms with Gasteiger partial charge in [-0.25, -0.2) is 8.42 Å². The molecule has 0 aliphatic heterocycles. The number of carbonyl (C=O) groups is 1. The van der Waals surface area contributed by atoms with Crippen LogP contribution in [0.15, 0.2) is 59.6 Å². The maximum atomic E-state index is 13.0. The van der Waals surface area contributed by atoms with E-state index in [0.717, 1.165) is 9.87 Å². The highest BCUT2D eigenvalue weighted by molar-refractivity contribution is 7.92. The molecule has 0 bridgehead atoms. The monoisotopic (exact) mass is 418 g/mol. The van der Waals surface area contributed by atoms with Crippen LogP contribution < -0.4 is 9.62 Å². The second-order valence-electron chi connectivity index (χ2n) is 6.25. The summed E-state index contributed by atoms with van der Waals surface area (Å²) < 4.78 is 28.4. The predicted octanol–water partition coefficient (Wildman–Crippen LogP) is 3.46. The third-order valence-electron chi connectivity index (χ3n) is 4.23. The van der Waals surface area contributed by atoms with Gasteiger partial charge >= 0.3 is 0 Å². The zero-order valence-corrected chi connectivity index (χ0v) is 17.1. The van der Waals surface area contributed by atoms with Gasteiger partial charge in [0.05, 0.1) is 11.1 Å². The first-order chi connectivity index (χ1) is 13.2.